The third-order valence-electron chi connectivity index (χ3n) is 4.51. The van der Waals surface area contributed by atoms with E-state index in [0.29, 0.717) is 32.6 Å². The summed E-state index contributed by atoms with van der Waals surface area (Å²) in [6, 6.07) is 11.7. The van der Waals surface area contributed by atoms with Gasteiger partial charge in [0.15, 0.2) is 0 Å². The van der Waals surface area contributed by atoms with Crippen LogP contribution in [0.4, 0.5) is 0 Å². The highest BCUT2D eigenvalue weighted by Gasteiger charge is 2.30. The SMILES string of the molecule is CC[C@H](C(=O)NC(C)C)N(Cc1c(Cl)cccc1Cl)C(=O)Cc1ccccc1Cl. The zero-order valence-electron chi connectivity index (χ0n) is 16.7. The number of halogens is 3. The van der Waals surface area contributed by atoms with Crippen LogP contribution in [0.15, 0.2) is 42.5 Å². The van der Waals surface area contributed by atoms with Gasteiger partial charge in [0.2, 0.25) is 11.8 Å². The minimum atomic E-state index is -0.653. The van der Waals surface area contributed by atoms with E-state index in [1.165, 1.54) is 4.90 Å². The first-order valence-corrected chi connectivity index (χ1v) is 10.6. The highest BCUT2D eigenvalue weighted by molar-refractivity contribution is 6.36. The molecule has 0 aliphatic rings. The maximum Gasteiger partial charge on any atom is 0.243 e. The number of benzene rings is 2. The summed E-state index contributed by atoms with van der Waals surface area (Å²) >= 11 is 18.9. The van der Waals surface area contributed by atoms with Crippen LogP contribution in [0, 0.1) is 0 Å². The molecule has 1 N–H and O–H groups in total. The van der Waals surface area contributed by atoms with Crippen LogP contribution in [0.2, 0.25) is 15.1 Å². The smallest absolute Gasteiger partial charge is 0.243 e. The van der Waals surface area contributed by atoms with Crippen molar-refractivity contribution in [2.24, 2.45) is 0 Å². The number of rotatable bonds is 8. The Kier molecular flexibility index (Phi) is 8.81. The van der Waals surface area contributed by atoms with Crippen molar-refractivity contribution in [1.82, 2.24) is 10.2 Å². The van der Waals surface area contributed by atoms with Crippen LogP contribution < -0.4 is 5.32 Å². The molecule has 0 fully saturated rings. The van der Waals surface area contributed by atoms with Gasteiger partial charge in [-0.2, -0.15) is 0 Å². The Balaban J connectivity index is 2.39. The predicted molar refractivity (Wildman–Crippen MR) is 120 cm³/mol. The lowest BCUT2D eigenvalue weighted by Gasteiger charge is -2.32. The van der Waals surface area contributed by atoms with Crippen LogP contribution in [-0.4, -0.2) is 28.8 Å². The summed E-state index contributed by atoms with van der Waals surface area (Å²) in [7, 11) is 0. The first-order chi connectivity index (χ1) is 13.7. The number of nitrogens with one attached hydrogen (secondary N) is 1. The quantitative estimate of drug-likeness (QED) is 0.569. The Labute approximate surface area is 187 Å². The van der Waals surface area contributed by atoms with Gasteiger partial charge in [-0.3, -0.25) is 9.59 Å². The van der Waals surface area contributed by atoms with Crippen LogP contribution in [0.25, 0.3) is 0 Å². The highest BCUT2D eigenvalue weighted by atomic mass is 35.5. The molecule has 0 aliphatic carbocycles. The van der Waals surface area contributed by atoms with E-state index in [2.05, 4.69) is 5.32 Å². The van der Waals surface area contributed by atoms with Gasteiger partial charge in [-0.05, 0) is 44.0 Å². The minimum absolute atomic E-state index is 0.0408. The van der Waals surface area contributed by atoms with Gasteiger partial charge >= 0.3 is 0 Å². The second kappa shape index (κ2) is 10.9. The maximum atomic E-state index is 13.3. The Morgan fingerprint density at radius 3 is 2.10 bits per heavy atom. The molecule has 2 rings (SSSR count). The first kappa shape index (κ1) is 23.5. The third kappa shape index (κ3) is 6.36. The molecule has 29 heavy (non-hydrogen) atoms. The summed E-state index contributed by atoms with van der Waals surface area (Å²) in [6.45, 7) is 5.76. The summed E-state index contributed by atoms with van der Waals surface area (Å²) in [6.07, 6.45) is 0.530. The number of carbonyl (C=O) groups is 2. The van der Waals surface area contributed by atoms with Crippen molar-refractivity contribution < 1.29 is 9.59 Å². The van der Waals surface area contributed by atoms with E-state index in [-0.39, 0.29) is 30.8 Å². The van der Waals surface area contributed by atoms with Gasteiger partial charge in [0.05, 0.1) is 6.42 Å². The second-order valence-corrected chi connectivity index (χ2v) is 8.30. The van der Waals surface area contributed by atoms with E-state index in [9.17, 15) is 9.59 Å². The van der Waals surface area contributed by atoms with Crippen LogP contribution in [-0.2, 0) is 22.6 Å². The topological polar surface area (TPSA) is 49.4 Å². The molecule has 0 bridgehead atoms. The van der Waals surface area contributed by atoms with Crippen molar-refractivity contribution in [1.29, 1.82) is 0 Å². The van der Waals surface area contributed by atoms with E-state index < -0.39 is 6.04 Å². The van der Waals surface area contributed by atoms with E-state index in [4.69, 9.17) is 34.8 Å². The number of nitrogens with zero attached hydrogens (tertiary/aromatic N) is 1. The monoisotopic (exact) mass is 454 g/mol. The standard InChI is InChI=1S/C22H25Cl3N2O2/c1-4-20(22(29)26-14(2)3)27(13-16-18(24)10-7-11-19(16)25)21(28)12-15-8-5-6-9-17(15)23/h5-11,14,20H,4,12-13H2,1-3H3,(H,26,29)/t20-/m1/s1. The van der Waals surface area contributed by atoms with E-state index >= 15 is 0 Å². The summed E-state index contributed by atoms with van der Waals surface area (Å²) in [4.78, 5) is 27.6. The molecule has 2 aromatic rings. The summed E-state index contributed by atoms with van der Waals surface area (Å²) in [5, 5.41) is 4.31. The lowest BCUT2D eigenvalue weighted by Crippen LogP contribution is -2.50. The Morgan fingerprint density at radius 2 is 1.55 bits per heavy atom. The van der Waals surface area contributed by atoms with Gasteiger partial charge in [-0.1, -0.05) is 66.0 Å². The lowest BCUT2D eigenvalue weighted by molar-refractivity contribution is -0.141. The van der Waals surface area contributed by atoms with Crippen molar-refractivity contribution in [2.75, 3.05) is 0 Å². The molecule has 4 nitrogen and oxygen atoms in total. The van der Waals surface area contributed by atoms with Gasteiger partial charge in [0.1, 0.15) is 6.04 Å². The minimum Gasteiger partial charge on any atom is -0.352 e. The highest BCUT2D eigenvalue weighted by Crippen LogP contribution is 2.27. The normalized spacial score (nSPS) is 12.0. The van der Waals surface area contributed by atoms with Crippen LogP contribution in [0.1, 0.15) is 38.3 Å². The van der Waals surface area contributed by atoms with E-state index in [1.54, 1.807) is 30.3 Å². The molecule has 0 saturated heterocycles. The third-order valence-corrected chi connectivity index (χ3v) is 5.58. The van der Waals surface area contributed by atoms with E-state index in [1.807, 2.05) is 32.9 Å². The fourth-order valence-electron chi connectivity index (χ4n) is 3.06. The molecule has 2 aromatic carbocycles. The summed E-state index contributed by atoms with van der Waals surface area (Å²) < 4.78 is 0. The molecule has 1 atom stereocenters. The molecule has 0 radical (unpaired) electrons. The summed E-state index contributed by atoms with van der Waals surface area (Å²) in [5.74, 6) is -0.432. The van der Waals surface area contributed by atoms with Crippen molar-refractivity contribution >= 4 is 46.6 Å². The fourth-order valence-corrected chi connectivity index (χ4v) is 3.78. The second-order valence-electron chi connectivity index (χ2n) is 7.08. The Bertz CT molecular complexity index is 851. The van der Waals surface area contributed by atoms with Crippen LogP contribution in [0.3, 0.4) is 0 Å². The average Bonchev–Trinajstić information content (AvgIpc) is 2.65. The van der Waals surface area contributed by atoms with Gasteiger partial charge < -0.3 is 10.2 Å². The molecule has 0 heterocycles. The molecule has 0 aliphatic heterocycles. The number of carbonyl (C=O) groups excluding carboxylic acids is 2. The fraction of sp³-hybridized carbons (Fsp3) is 0.364. The summed E-state index contributed by atoms with van der Waals surface area (Å²) in [5.41, 5.74) is 1.31. The molecule has 0 saturated carbocycles. The Morgan fingerprint density at radius 1 is 0.966 bits per heavy atom. The van der Waals surface area contributed by atoms with Gasteiger partial charge in [-0.25, -0.2) is 0 Å². The molecular weight excluding hydrogens is 431 g/mol. The van der Waals surface area contributed by atoms with Crippen molar-refractivity contribution in [3.05, 3.63) is 68.7 Å². The van der Waals surface area contributed by atoms with Gasteiger partial charge in [0, 0.05) is 33.2 Å². The molecule has 0 unspecified atom stereocenters. The zero-order chi connectivity index (χ0) is 21.6. The number of amides is 2. The Hall–Kier alpha value is -1.75. The van der Waals surface area contributed by atoms with Crippen LogP contribution >= 0.6 is 34.8 Å². The molecule has 0 spiro atoms. The zero-order valence-corrected chi connectivity index (χ0v) is 19.0. The largest absolute Gasteiger partial charge is 0.352 e. The van der Waals surface area contributed by atoms with Crippen molar-refractivity contribution in [3.8, 4) is 0 Å². The molecule has 0 aromatic heterocycles. The maximum absolute atomic E-state index is 13.3. The lowest BCUT2D eigenvalue weighted by atomic mass is 10.1. The number of hydrogen-bond acceptors (Lipinski definition) is 2. The molecule has 156 valence electrons. The van der Waals surface area contributed by atoms with Crippen molar-refractivity contribution in [2.45, 2.75) is 52.2 Å². The predicted octanol–water partition coefficient (Wildman–Crippen LogP) is 5.52. The average molecular weight is 456 g/mol. The molecule has 2 amide bonds. The van der Waals surface area contributed by atoms with Crippen LogP contribution in [0.5, 0.6) is 0 Å². The van der Waals surface area contributed by atoms with Gasteiger partial charge in [-0.15, -0.1) is 0 Å². The van der Waals surface area contributed by atoms with Crippen molar-refractivity contribution in [3.63, 3.8) is 0 Å². The molecular formula is C22H25Cl3N2O2. The van der Waals surface area contributed by atoms with Gasteiger partial charge in [0.25, 0.3) is 0 Å². The van der Waals surface area contributed by atoms with E-state index in [0.717, 1.165) is 0 Å². The molecule has 7 heteroatoms. The number of hydrogen-bond donors (Lipinski definition) is 1. The first-order valence-electron chi connectivity index (χ1n) is 9.50.